The van der Waals surface area contributed by atoms with Crippen LogP contribution in [0.5, 0.6) is 0 Å². The lowest BCUT2D eigenvalue weighted by molar-refractivity contribution is 0.623. The summed E-state index contributed by atoms with van der Waals surface area (Å²) in [7, 11) is 0. The molecule has 0 fully saturated rings. The zero-order valence-electron chi connectivity index (χ0n) is 9.91. The van der Waals surface area contributed by atoms with Gasteiger partial charge in [0.25, 0.3) is 0 Å². The van der Waals surface area contributed by atoms with E-state index in [9.17, 15) is 9.65 Å². The fourth-order valence-corrected chi connectivity index (χ4v) is 2.18. The largest absolute Gasteiger partial charge is 0.207 e. The lowest BCUT2D eigenvalue weighted by atomic mass is 9.93. The molecule has 0 spiro atoms. The summed E-state index contributed by atoms with van der Waals surface area (Å²) in [5.74, 6) is -0.750. The molecule has 0 aliphatic heterocycles. The average molecular weight is 294 g/mol. The molecular weight excluding hydrogens is 284 g/mol. The second-order valence-electron chi connectivity index (χ2n) is 4.19. The van der Waals surface area contributed by atoms with Crippen molar-refractivity contribution in [3.8, 4) is 6.07 Å². The Morgan fingerprint density at radius 1 is 1.11 bits per heavy atom. The zero-order valence-corrected chi connectivity index (χ0v) is 11.4. The summed E-state index contributed by atoms with van der Waals surface area (Å²) >= 11 is 11.8. The van der Waals surface area contributed by atoms with Gasteiger partial charge in [-0.05, 0) is 41.8 Å². The van der Waals surface area contributed by atoms with Gasteiger partial charge in [-0.3, -0.25) is 0 Å². The molecular formula is C15H10Cl2FN. The Morgan fingerprint density at radius 2 is 1.89 bits per heavy atom. The van der Waals surface area contributed by atoms with Gasteiger partial charge < -0.3 is 0 Å². The molecule has 1 atom stereocenters. The standard InChI is InChI=1S/C15H10Cl2FN/c16-14-5-4-10(7-15(14)17)6-12(9-19)11-2-1-3-13(18)8-11/h1-5,7-8,12H,6H2. The summed E-state index contributed by atoms with van der Waals surface area (Å²) in [5.41, 5.74) is 1.55. The van der Waals surface area contributed by atoms with Crippen LogP contribution in [0.15, 0.2) is 42.5 Å². The Bertz CT molecular complexity index is 634. The second kappa shape index (κ2) is 6.06. The molecule has 0 radical (unpaired) electrons. The quantitative estimate of drug-likeness (QED) is 0.783. The highest BCUT2D eigenvalue weighted by Crippen LogP contribution is 2.26. The third-order valence-corrected chi connectivity index (χ3v) is 3.57. The number of rotatable bonds is 3. The summed E-state index contributed by atoms with van der Waals surface area (Å²) in [6.45, 7) is 0. The van der Waals surface area contributed by atoms with Crippen molar-refractivity contribution in [3.05, 3.63) is 69.5 Å². The maximum atomic E-state index is 13.2. The number of hydrogen-bond acceptors (Lipinski definition) is 1. The SMILES string of the molecule is N#CC(Cc1ccc(Cl)c(Cl)c1)c1cccc(F)c1. The van der Waals surface area contributed by atoms with E-state index in [1.807, 2.05) is 6.07 Å². The first-order valence-corrected chi connectivity index (χ1v) is 6.45. The first-order chi connectivity index (χ1) is 9.10. The van der Waals surface area contributed by atoms with E-state index in [4.69, 9.17) is 23.2 Å². The van der Waals surface area contributed by atoms with Gasteiger partial charge >= 0.3 is 0 Å². The van der Waals surface area contributed by atoms with Crippen LogP contribution in [0.3, 0.4) is 0 Å². The van der Waals surface area contributed by atoms with Crippen LogP contribution in [0, 0.1) is 17.1 Å². The fraction of sp³-hybridized carbons (Fsp3) is 0.133. The van der Waals surface area contributed by atoms with Crippen molar-refractivity contribution in [3.63, 3.8) is 0 Å². The predicted octanol–water partition coefficient (Wildman–Crippen LogP) is 4.98. The maximum Gasteiger partial charge on any atom is 0.123 e. The van der Waals surface area contributed by atoms with Gasteiger partial charge in [0.15, 0.2) is 0 Å². The monoisotopic (exact) mass is 293 g/mol. The Balaban J connectivity index is 2.24. The van der Waals surface area contributed by atoms with E-state index < -0.39 is 5.92 Å². The number of benzene rings is 2. The summed E-state index contributed by atoms with van der Waals surface area (Å²) in [6.07, 6.45) is 0.469. The van der Waals surface area contributed by atoms with Crippen molar-refractivity contribution < 1.29 is 4.39 Å². The molecule has 2 rings (SSSR count). The molecule has 0 N–H and O–H groups in total. The molecule has 0 amide bonds. The molecule has 0 saturated heterocycles. The highest BCUT2D eigenvalue weighted by molar-refractivity contribution is 6.42. The number of nitrogens with zero attached hydrogens (tertiary/aromatic N) is 1. The van der Waals surface area contributed by atoms with Crippen LogP contribution >= 0.6 is 23.2 Å². The minimum absolute atomic E-state index is 0.341. The molecule has 0 heterocycles. The van der Waals surface area contributed by atoms with E-state index in [2.05, 4.69) is 6.07 Å². The molecule has 19 heavy (non-hydrogen) atoms. The number of hydrogen-bond donors (Lipinski definition) is 0. The van der Waals surface area contributed by atoms with Gasteiger partial charge in [0.05, 0.1) is 22.0 Å². The van der Waals surface area contributed by atoms with Crippen molar-refractivity contribution in [2.24, 2.45) is 0 Å². The molecule has 1 nitrogen and oxygen atoms in total. The molecule has 4 heteroatoms. The van der Waals surface area contributed by atoms with Crippen LogP contribution in [0.4, 0.5) is 4.39 Å². The average Bonchev–Trinajstić information content (AvgIpc) is 2.40. The van der Waals surface area contributed by atoms with E-state index in [0.29, 0.717) is 22.0 Å². The highest BCUT2D eigenvalue weighted by Gasteiger charge is 2.13. The van der Waals surface area contributed by atoms with Gasteiger partial charge in [-0.15, -0.1) is 0 Å². The molecule has 1 unspecified atom stereocenters. The van der Waals surface area contributed by atoms with Crippen LogP contribution in [-0.4, -0.2) is 0 Å². The summed E-state index contributed by atoms with van der Waals surface area (Å²) in [5, 5.41) is 10.2. The van der Waals surface area contributed by atoms with Crippen molar-refractivity contribution in [1.29, 1.82) is 5.26 Å². The lowest BCUT2D eigenvalue weighted by Gasteiger charge is -2.10. The second-order valence-corrected chi connectivity index (χ2v) is 5.00. The van der Waals surface area contributed by atoms with E-state index >= 15 is 0 Å². The number of nitriles is 1. The normalized spacial score (nSPS) is 11.9. The van der Waals surface area contributed by atoms with Crippen LogP contribution < -0.4 is 0 Å². The number of halogens is 3. The van der Waals surface area contributed by atoms with Gasteiger partial charge in [-0.2, -0.15) is 5.26 Å². The fourth-order valence-electron chi connectivity index (χ4n) is 1.86. The topological polar surface area (TPSA) is 23.8 Å². The van der Waals surface area contributed by atoms with Crippen LogP contribution in [0.1, 0.15) is 17.0 Å². The summed E-state index contributed by atoms with van der Waals surface area (Å²) in [4.78, 5) is 0. The molecule has 96 valence electrons. The van der Waals surface area contributed by atoms with Crippen molar-refractivity contribution in [1.82, 2.24) is 0 Å². The maximum absolute atomic E-state index is 13.2. The molecule has 0 bridgehead atoms. The van der Waals surface area contributed by atoms with E-state index in [1.54, 1.807) is 24.3 Å². The van der Waals surface area contributed by atoms with Crippen LogP contribution in [-0.2, 0) is 6.42 Å². The third-order valence-electron chi connectivity index (χ3n) is 2.83. The Labute approximate surface area is 121 Å². The van der Waals surface area contributed by atoms with E-state index in [0.717, 1.165) is 5.56 Å². The zero-order chi connectivity index (χ0) is 13.8. The molecule has 0 aliphatic rings. The third kappa shape index (κ3) is 3.47. The molecule has 0 aromatic heterocycles. The first kappa shape index (κ1) is 13.9. The van der Waals surface area contributed by atoms with E-state index in [1.165, 1.54) is 12.1 Å². The molecule has 2 aromatic carbocycles. The highest BCUT2D eigenvalue weighted by atomic mass is 35.5. The van der Waals surface area contributed by atoms with Gasteiger partial charge in [0.2, 0.25) is 0 Å². The predicted molar refractivity (Wildman–Crippen MR) is 74.9 cm³/mol. The van der Waals surface area contributed by atoms with E-state index in [-0.39, 0.29) is 5.82 Å². The smallest absolute Gasteiger partial charge is 0.123 e. The van der Waals surface area contributed by atoms with Crippen LogP contribution in [0.2, 0.25) is 10.0 Å². The minimum atomic E-state index is -0.409. The van der Waals surface area contributed by atoms with Crippen molar-refractivity contribution in [2.75, 3.05) is 0 Å². The molecule has 0 saturated carbocycles. The minimum Gasteiger partial charge on any atom is -0.207 e. The van der Waals surface area contributed by atoms with Gasteiger partial charge in [-0.25, -0.2) is 4.39 Å². The molecule has 0 aliphatic carbocycles. The van der Waals surface area contributed by atoms with Crippen LogP contribution in [0.25, 0.3) is 0 Å². The molecule has 2 aromatic rings. The first-order valence-electron chi connectivity index (χ1n) is 5.69. The Morgan fingerprint density at radius 3 is 2.53 bits per heavy atom. The lowest BCUT2D eigenvalue weighted by Crippen LogP contribution is -2.01. The Kier molecular flexibility index (Phi) is 4.42. The van der Waals surface area contributed by atoms with Gasteiger partial charge in [0, 0.05) is 0 Å². The van der Waals surface area contributed by atoms with Gasteiger partial charge in [-0.1, -0.05) is 41.4 Å². The summed E-state index contributed by atoms with van der Waals surface area (Å²) in [6, 6.07) is 13.5. The Hall–Kier alpha value is -1.56. The van der Waals surface area contributed by atoms with Gasteiger partial charge in [0.1, 0.15) is 5.82 Å². The van der Waals surface area contributed by atoms with Crippen molar-refractivity contribution >= 4 is 23.2 Å². The van der Waals surface area contributed by atoms with Crippen molar-refractivity contribution in [2.45, 2.75) is 12.3 Å². The summed E-state index contributed by atoms with van der Waals surface area (Å²) < 4.78 is 13.2.